The molecule has 0 radical (unpaired) electrons. The van der Waals surface area contributed by atoms with Crippen LogP contribution in [0.2, 0.25) is 0 Å². The molecule has 0 N–H and O–H groups in total. The Hall–Kier alpha value is -0.250. The standard InChI is InChI=1S/C11H20BrNO2/c1-8-5-6-13(9(8)7-12)10(14)15-11(2,3)4/h8-9H,5-7H2,1-4H3. The van der Waals surface area contributed by atoms with Crippen molar-refractivity contribution < 1.29 is 9.53 Å². The highest BCUT2D eigenvalue weighted by atomic mass is 79.9. The summed E-state index contributed by atoms with van der Waals surface area (Å²) in [6.07, 6.45) is 0.881. The number of rotatable bonds is 1. The molecule has 3 nitrogen and oxygen atoms in total. The molecule has 0 aromatic carbocycles. The minimum absolute atomic E-state index is 0.184. The Morgan fingerprint density at radius 1 is 1.53 bits per heavy atom. The van der Waals surface area contributed by atoms with Crippen LogP contribution in [-0.2, 0) is 4.74 Å². The number of likely N-dealkylation sites (tertiary alicyclic amines) is 1. The van der Waals surface area contributed by atoms with Crippen LogP contribution < -0.4 is 0 Å². The van der Waals surface area contributed by atoms with Crippen LogP contribution in [0.25, 0.3) is 0 Å². The van der Waals surface area contributed by atoms with Gasteiger partial charge in [0, 0.05) is 17.9 Å². The Morgan fingerprint density at radius 2 is 2.13 bits per heavy atom. The van der Waals surface area contributed by atoms with Crippen molar-refractivity contribution in [3.63, 3.8) is 0 Å². The van der Waals surface area contributed by atoms with E-state index in [1.165, 1.54) is 0 Å². The molecule has 0 aromatic rings. The van der Waals surface area contributed by atoms with Crippen LogP contribution in [0.15, 0.2) is 0 Å². The molecule has 0 bridgehead atoms. The molecule has 0 aliphatic carbocycles. The number of ether oxygens (including phenoxy) is 1. The topological polar surface area (TPSA) is 29.5 Å². The van der Waals surface area contributed by atoms with Gasteiger partial charge in [-0.2, -0.15) is 0 Å². The first-order valence-electron chi connectivity index (χ1n) is 5.40. The van der Waals surface area contributed by atoms with Gasteiger partial charge in [-0.1, -0.05) is 22.9 Å². The molecule has 1 heterocycles. The summed E-state index contributed by atoms with van der Waals surface area (Å²) < 4.78 is 5.37. The number of hydrogen-bond donors (Lipinski definition) is 0. The Labute approximate surface area is 100 Å². The highest BCUT2D eigenvalue weighted by molar-refractivity contribution is 9.09. The summed E-state index contributed by atoms with van der Waals surface area (Å²) >= 11 is 3.46. The van der Waals surface area contributed by atoms with E-state index in [-0.39, 0.29) is 12.1 Å². The van der Waals surface area contributed by atoms with Crippen molar-refractivity contribution in [2.75, 3.05) is 11.9 Å². The summed E-state index contributed by atoms with van der Waals surface area (Å²) in [5.41, 5.74) is -0.403. The highest BCUT2D eigenvalue weighted by Crippen LogP contribution is 2.26. The lowest BCUT2D eigenvalue weighted by atomic mass is 10.1. The van der Waals surface area contributed by atoms with Crippen LogP contribution >= 0.6 is 15.9 Å². The Bertz CT molecular complexity index is 237. The summed E-state index contributed by atoms with van der Waals surface area (Å²) in [4.78, 5) is 13.7. The summed E-state index contributed by atoms with van der Waals surface area (Å²) in [6, 6.07) is 0.278. The van der Waals surface area contributed by atoms with E-state index in [4.69, 9.17) is 4.74 Å². The molecule has 2 atom stereocenters. The second-order valence-corrected chi connectivity index (χ2v) is 5.81. The van der Waals surface area contributed by atoms with E-state index in [1.54, 1.807) is 0 Å². The van der Waals surface area contributed by atoms with Gasteiger partial charge in [0.25, 0.3) is 0 Å². The molecular formula is C11H20BrNO2. The lowest BCUT2D eigenvalue weighted by molar-refractivity contribution is 0.0229. The second-order valence-electron chi connectivity index (χ2n) is 5.16. The van der Waals surface area contributed by atoms with Crippen molar-refractivity contribution in [1.29, 1.82) is 0 Å². The van der Waals surface area contributed by atoms with Crippen molar-refractivity contribution >= 4 is 22.0 Å². The average molecular weight is 278 g/mol. The molecule has 88 valence electrons. The summed E-state index contributed by atoms with van der Waals surface area (Å²) in [5, 5.41) is 0.827. The molecule has 1 amide bonds. The van der Waals surface area contributed by atoms with Gasteiger partial charge in [-0.05, 0) is 33.1 Å². The van der Waals surface area contributed by atoms with Crippen LogP contribution in [0.4, 0.5) is 4.79 Å². The van der Waals surface area contributed by atoms with E-state index >= 15 is 0 Å². The Morgan fingerprint density at radius 3 is 2.60 bits per heavy atom. The maximum atomic E-state index is 11.9. The van der Waals surface area contributed by atoms with Crippen molar-refractivity contribution in [2.24, 2.45) is 5.92 Å². The number of carbonyl (C=O) groups excluding carboxylic acids is 1. The quantitative estimate of drug-likeness (QED) is 0.690. The lowest BCUT2D eigenvalue weighted by Gasteiger charge is -2.28. The highest BCUT2D eigenvalue weighted by Gasteiger charge is 2.35. The number of carbonyl (C=O) groups is 1. The number of nitrogens with zero attached hydrogens (tertiary/aromatic N) is 1. The van der Waals surface area contributed by atoms with Crippen molar-refractivity contribution in [1.82, 2.24) is 4.90 Å². The van der Waals surface area contributed by atoms with Gasteiger partial charge in [-0.25, -0.2) is 4.79 Å². The minimum Gasteiger partial charge on any atom is -0.444 e. The summed E-state index contributed by atoms with van der Waals surface area (Å²) in [5.74, 6) is 0.553. The monoisotopic (exact) mass is 277 g/mol. The van der Waals surface area contributed by atoms with Gasteiger partial charge in [0.05, 0.1) is 0 Å². The fraction of sp³-hybridized carbons (Fsp3) is 0.909. The number of hydrogen-bond acceptors (Lipinski definition) is 2. The first kappa shape index (κ1) is 12.8. The SMILES string of the molecule is CC1CCN(C(=O)OC(C)(C)C)C1CBr. The molecule has 0 spiro atoms. The predicted molar refractivity (Wildman–Crippen MR) is 64.3 cm³/mol. The van der Waals surface area contributed by atoms with Crippen LogP contribution in [0.1, 0.15) is 34.1 Å². The molecule has 1 fully saturated rings. The zero-order chi connectivity index (χ0) is 11.6. The van der Waals surface area contributed by atoms with Crippen LogP contribution in [0, 0.1) is 5.92 Å². The normalized spacial score (nSPS) is 26.9. The van der Waals surface area contributed by atoms with E-state index < -0.39 is 5.60 Å². The average Bonchev–Trinajstić information content (AvgIpc) is 2.43. The van der Waals surface area contributed by atoms with Gasteiger partial charge in [-0.15, -0.1) is 0 Å². The fourth-order valence-corrected chi connectivity index (χ4v) is 2.78. The summed E-state index contributed by atoms with van der Waals surface area (Å²) in [7, 11) is 0. The van der Waals surface area contributed by atoms with E-state index in [9.17, 15) is 4.79 Å². The maximum absolute atomic E-state index is 11.9. The minimum atomic E-state index is -0.403. The summed E-state index contributed by atoms with van der Waals surface area (Å²) in [6.45, 7) is 8.68. The van der Waals surface area contributed by atoms with Crippen LogP contribution in [0.3, 0.4) is 0 Å². The lowest BCUT2D eigenvalue weighted by Crippen LogP contribution is -2.41. The van der Waals surface area contributed by atoms with Crippen LogP contribution in [0.5, 0.6) is 0 Å². The Kier molecular flexibility index (Phi) is 4.04. The molecule has 1 aliphatic rings. The number of halogens is 1. The molecule has 15 heavy (non-hydrogen) atoms. The van der Waals surface area contributed by atoms with Gasteiger partial charge in [0.15, 0.2) is 0 Å². The molecule has 2 unspecified atom stereocenters. The van der Waals surface area contributed by atoms with Crippen molar-refractivity contribution in [3.8, 4) is 0 Å². The van der Waals surface area contributed by atoms with Gasteiger partial charge < -0.3 is 9.64 Å². The molecule has 0 saturated carbocycles. The molecule has 1 rings (SSSR count). The molecule has 1 saturated heterocycles. The molecule has 4 heteroatoms. The van der Waals surface area contributed by atoms with Crippen molar-refractivity contribution in [2.45, 2.75) is 45.8 Å². The van der Waals surface area contributed by atoms with Gasteiger partial charge in [0.2, 0.25) is 0 Å². The number of alkyl halides is 1. The first-order chi connectivity index (χ1) is 6.85. The van der Waals surface area contributed by atoms with E-state index in [0.717, 1.165) is 18.3 Å². The van der Waals surface area contributed by atoms with Crippen LogP contribution in [-0.4, -0.2) is 34.5 Å². The molecular weight excluding hydrogens is 258 g/mol. The third-order valence-corrected chi connectivity index (χ3v) is 3.33. The van der Waals surface area contributed by atoms with Gasteiger partial charge in [0.1, 0.15) is 5.60 Å². The van der Waals surface area contributed by atoms with E-state index in [0.29, 0.717) is 5.92 Å². The first-order valence-corrected chi connectivity index (χ1v) is 6.53. The zero-order valence-corrected chi connectivity index (χ0v) is 11.5. The third kappa shape index (κ3) is 3.37. The Balaban J connectivity index is 2.60. The van der Waals surface area contributed by atoms with E-state index in [1.807, 2.05) is 25.7 Å². The third-order valence-electron chi connectivity index (χ3n) is 2.67. The molecule has 1 aliphatic heterocycles. The van der Waals surface area contributed by atoms with Gasteiger partial charge >= 0.3 is 6.09 Å². The number of amides is 1. The zero-order valence-electron chi connectivity index (χ0n) is 9.92. The predicted octanol–water partition coefficient (Wildman–Crippen LogP) is 3.03. The van der Waals surface area contributed by atoms with E-state index in [2.05, 4.69) is 22.9 Å². The molecule has 0 aromatic heterocycles. The fourth-order valence-electron chi connectivity index (χ4n) is 1.79. The second kappa shape index (κ2) is 4.73. The van der Waals surface area contributed by atoms with Gasteiger partial charge in [-0.3, -0.25) is 0 Å². The largest absolute Gasteiger partial charge is 0.444 e. The maximum Gasteiger partial charge on any atom is 0.410 e. The smallest absolute Gasteiger partial charge is 0.410 e. The van der Waals surface area contributed by atoms with Crippen molar-refractivity contribution in [3.05, 3.63) is 0 Å².